The second-order valence-electron chi connectivity index (χ2n) is 6.21. The van der Waals surface area contributed by atoms with E-state index in [-0.39, 0.29) is 18.1 Å². The highest BCUT2D eigenvalue weighted by Crippen LogP contribution is 2.29. The molecule has 3 aromatic rings. The minimum atomic E-state index is -4.37. The molecule has 1 heterocycles. The molecule has 1 N–H and O–H groups in total. The number of hydrogen-bond donors (Lipinski definition) is 1. The summed E-state index contributed by atoms with van der Waals surface area (Å²) in [4.78, 5) is 12.4. The van der Waals surface area contributed by atoms with Gasteiger partial charge in [-0.25, -0.2) is 9.07 Å². The molecule has 0 fully saturated rings. The fourth-order valence-corrected chi connectivity index (χ4v) is 2.77. The van der Waals surface area contributed by atoms with Crippen LogP contribution in [0.2, 0.25) is 0 Å². The van der Waals surface area contributed by atoms with E-state index in [2.05, 4.69) is 10.4 Å². The Bertz CT molecular complexity index is 978. The Balaban J connectivity index is 1.62. The number of carbonyl (C=O) groups is 1. The maximum absolute atomic E-state index is 13.9. The predicted octanol–water partition coefficient (Wildman–Crippen LogP) is 4.31. The second kappa shape index (κ2) is 7.84. The summed E-state index contributed by atoms with van der Waals surface area (Å²) < 4.78 is 53.0. The Morgan fingerprint density at radius 2 is 1.79 bits per heavy atom. The van der Waals surface area contributed by atoms with Crippen molar-refractivity contribution in [1.29, 1.82) is 0 Å². The Morgan fingerprint density at radius 1 is 1.11 bits per heavy atom. The van der Waals surface area contributed by atoms with Crippen molar-refractivity contribution in [3.63, 3.8) is 0 Å². The summed E-state index contributed by atoms with van der Waals surface area (Å²) in [6.45, 7) is 1.90. The third-order valence-electron chi connectivity index (χ3n) is 4.32. The van der Waals surface area contributed by atoms with Crippen molar-refractivity contribution in [3.05, 3.63) is 82.9 Å². The Hall–Kier alpha value is -3.16. The molecule has 0 unspecified atom stereocenters. The molecule has 0 atom stereocenters. The number of benzene rings is 2. The summed E-state index contributed by atoms with van der Waals surface area (Å²) >= 11 is 0. The molecule has 146 valence electrons. The van der Waals surface area contributed by atoms with E-state index in [4.69, 9.17) is 0 Å². The van der Waals surface area contributed by atoms with E-state index in [0.717, 1.165) is 12.1 Å². The van der Waals surface area contributed by atoms with E-state index in [1.165, 1.54) is 29.1 Å². The highest BCUT2D eigenvalue weighted by molar-refractivity contribution is 5.95. The van der Waals surface area contributed by atoms with Crippen LogP contribution < -0.4 is 5.32 Å². The Kier molecular flexibility index (Phi) is 5.48. The average Bonchev–Trinajstić information content (AvgIpc) is 3.03. The maximum atomic E-state index is 13.9. The molecule has 0 saturated heterocycles. The van der Waals surface area contributed by atoms with Gasteiger partial charge in [-0.15, -0.1) is 0 Å². The van der Waals surface area contributed by atoms with Crippen molar-refractivity contribution < 1.29 is 22.4 Å². The summed E-state index contributed by atoms with van der Waals surface area (Å²) in [6.07, 6.45) is -2.64. The number of para-hydroxylation sites is 1. The van der Waals surface area contributed by atoms with Crippen LogP contribution in [0.4, 0.5) is 17.6 Å². The molecule has 0 spiro atoms. The fourth-order valence-electron chi connectivity index (χ4n) is 2.77. The van der Waals surface area contributed by atoms with Gasteiger partial charge in [-0.2, -0.15) is 18.3 Å². The number of aromatic nitrogens is 2. The van der Waals surface area contributed by atoms with E-state index >= 15 is 0 Å². The minimum Gasteiger partial charge on any atom is -0.352 e. The van der Waals surface area contributed by atoms with Gasteiger partial charge in [0.05, 0.1) is 23.0 Å². The first kappa shape index (κ1) is 19.6. The monoisotopic (exact) mass is 391 g/mol. The van der Waals surface area contributed by atoms with Crippen LogP contribution in [0.15, 0.2) is 54.7 Å². The quantitative estimate of drug-likeness (QED) is 0.659. The van der Waals surface area contributed by atoms with Gasteiger partial charge in [0.25, 0.3) is 5.91 Å². The van der Waals surface area contributed by atoms with Crippen LogP contribution in [0.3, 0.4) is 0 Å². The van der Waals surface area contributed by atoms with Crippen molar-refractivity contribution in [2.24, 2.45) is 0 Å². The standard InChI is InChI=1S/C20H17F4N3O/c1-13-16(12-26-27(13)18-5-3-2-4-17(18)21)19(28)25-11-10-14-6-8-15(9-7-14)20(22,23)24/h2-9,12H,10-11H2,1H3,(H,25,28). The van der Waals surface area contributed by atoms with Gasteiger partial charge in [0.1, 0.15) is 11.5 Å². The number of rotatable bonds is 5. The molecule has 2 aromatic carbocycles. The number of nitrogens with zero attached hydrogens (tertiary/aromatic N) is 2. The van der Waals surface area contributed by atoms with Crippen LogP contribution in [0.5, 0.6) is 0 Å². The largest absolute Gasteiger partial charge is 0.416 e. The molecule has 1 amide bonds. The second-order valence-corrected chi connectivity index (χ2v) is 6.21. The lowest BCUT2D eigenvalue weighted by Crippen LogP contribution is -2.26. The lowest BCUT2D eigenvalue weighted by molar-refractivity contribution is -0.137. The molecule has 0 bridgehead atoms. The van der Waals surface area contributed by atoms with E-state index in [1.54, 1.807) is 25.1 Å². The first-order valence-corrected chi connectivity index (χ1v) is 8.51. The smallest absolute Gasteiger partial charge is 0.352 e. The molecule has 0 aliphatic heterocycles. The van der Waals surface area contributed by atoms with E-state index < -0.39 is 17.6 Å². The number of alkyl halides is 3. The first-order chi connectivity index (χ1) is 13.3. The molecule has 0 aliphatic carbocycles. The van der Waals surface area contributed by atoms with Gasteiger partial charge in [0, 0.05) is 6.54 Å². The Labute approximate surface area is 158 Å². The molecule has 3 rings (SSSR count). The molecule has 0 radical (unpaired) electrons. The van der Waals surface area contributed by atoms with Crippen molar-refractivity contribution in [1.82, 2.24) is 15.1 Å². The first-order valence-electron chi connectivity index (χ1n) is 8.51. The number of nitrogens with one attached hydrogen (secondary N) is 1. The molecule has 8 heteroatoms. The van der Waals surface area contributed by atoms with Crippen LogP contribution in [0.1, 0.15) is 27.2 Å². The van der Waals surface area contributed by atoms with Crippen molar-refractivity contribution >= 4 is 5.91 Å². The lowest BCUT2D eigenvalue weighted by Gasteiger charge is -2.09. The number of amides is 1. The molecule has 28 heavy (non-hydrogen) atoms. The average molecular weight is 391 g/mol. The minimum absolute atomic E-state index is 0.240. The van der Waals surface area contributed by atoms with E-state index in [9.17, 15) is 22.4 Å². The zero-order chi connectivity index (χ0) is 20.3. The summed E-state index contributed by atoms with van der Waals surface area (Å²) in [6, 6.07) is 10.9. The van der Waals surface area contributed by atoms with Gasteiger partial charge in [0.2, 0.25) is 0 Å². The fraction of sp³-hybridized carbons (Fsp3) is 0.200. The predicted molar refractivity (Wildman–Crippen MR) is 95.7 cm³/mol. The molecule has 0 aliphatic rings. The van der Waals surface area contributed by atoms with Crippen molar-refractivity contribution in [3.8, 4) is 5.69 Å². The summed E-state index contributed by atoms with van der Waals surface area (Å²) in [5.41, 5.74) is 0.986. The van der Waals surface area contributed by atoms with Gasteiger partial charge in [-0.3, -0.25) is 4.79 Å². The van der Waals surface area contributed by atoms with Gasteiger partial charge >= 0.3 is 6.18 Å². The normalized spacial score (nSPS) is 11.5. The van der Waals surface area contributed by atoms with Crippen LogP contribution in [0.25, 0.3) is 5.69 Å². The van der Waals surface area contributed by atoms with Crippen molar-refractivity contribution in [2.45, 2.75) is 19.5 Å². The lowest BCUT2D eigenvalue weighted by atomic mass is 10.1. The third kappa shape index (κ3) is 4.21. The zero-order valence-electron chi connectivity index (χ0n) is 14.9. The zero-order valence-corrected chi connectivity index (χ0v) is 14.9. The molecule has 1 aromatic heterocycles. The van der Waals surface area contributed by atoms with Crippen LogP contribution in [-0.2, 0) is 12.6 Å². The highest BCUT2D eigenvalue weighted by Gasteiger charge is 2.29. The van der Waals surface area contributed by atoms with Crippen LogP contribution in [0, 0.1) is 12.7 Å². The van der Waals surface area contributed by atoms with Gasteiger partial charge in [-0.1, -0.05) is 24.3 Å². The molecular weight excluding hydrogens is 374 g/mol. The SMILES string of the molecule is Cc1c(C(=O)NCCc2ccc(C(F)(F)F)cc2)cnn1-c1ccccc1F. The maximum Gasteiger partial charge on any atom is 0.416 e. The van der Waals surface area contributed by atoms with E-state index in [1.807, 2.05) is 0 Å². The Morgan fingerprint density at radius 3 is 2.43 bits per heavy atom. The molecular formula is C20H17F4N3O. The van der Waals surface area contributed by atoms with Gasteiger partial charge < -0.3 is 5.32 Å². The van der Waals surface area contributed by atoms with Gasteiger partial charge in [0.15, 0.2) is 0 Å². The summed E-state index contributed by atoms with van der Waals surface area (Å²) in [5, 5.41) is 6.78. The third-order valence-corrected chi connectivity index (χ3v) is 4.32. The van der Waals surface area contributed by atoms with E-state index in [0.29, 0.717) is 23.2 Å². The summed E-state index contributed by atoms with van der Waals surface area (Å²) in [7, 11) is 0. The van der Waals surface area contributed by atoms with Gasteiger partial charge in [-0.05, 0) is 43.2 Å². The molecule has 4 nitrogen and oxygen atoms in total. The molecule has 0 saturated carbocycles. The van der Waals surface area contributed by atoms with Crippen LogP contribution >= 0.6 is 0 Å². The number of halogens is 4. The number of hydrogen-bond acceptors (Lipinski definition) is 2. The summed E-state index contributed by atoms with van der Waals surface area (Å²) in [5.74, 6) is -0.838. The van der Waals surface area contributed by atoms with Crippen LogP contribution in [-0.4, -0.2) is 22.2 Å². The topological polar surface area (TPSA) is 46.9 Å². The number of carbonyl (C=O) groups excluding carboxylic acids is 1. The highest BCUT2D eigenvalue weighted by atomic mass is 19.4. The van der Waals surface area contributed by atoms with Crippen molar-refractivity contribution in [2.75, 3.05) is 6.54 Å².